The molecule has 0 N–H and O–H groups in total. The second kappa shape index (κ2) is 11.9. The van der Waals surface area contributed by atoms with Gasteiger partial charge in [-0.25, -0.2) is 0 Å². The van der Waals surface area contributed by atoms with Gasteiger partial charge in [-0.1, -0.05) is 97.1 Å². The fraction of sp³-hybridized carbons (Fsp3) is 0.0741. The smallest absolute Gasteiger partial charge is 0.166 e. The molecule has 288 valence electrons. The van der Waals surface area contributed by atoms with Crippen LogP contribution in [0.25, 0.3) is 119 Å². The monoisotopic (exact) mass is 792 g/mol. The molecule has 0 atom stereocenters. The maximum absolute atomic E-state index is 14.8. The average Bonchev–Trinajstić information content (AvgIpc) is 3.71. The van der Waals surface area contributed by atoms with Gasteiger partial charge in [-0.3, -0.25) is 0 Å². The molecule has 0 aliphatic rings. The third-order valence-corrected chi connectivity index (χ3v) is 12.7. The summed E-state index contributed by atoms with van der Waals surface area (Å²) in [5.41, 5.74) is 1.39. The third-order valence-electron chi connectivity index (χ3n) is 12.7. The summed E-state index contributed by atoms with van der Waals surface area (Å²) in [5.74, 6) is 0. The highest BCUT2D eigenvalue weighted by Gasteiger charge is 2.34. The van der Waals surface area contributed by atoms with Crippen LogP contribution in [0.15, 0.2) is 146 Å². The van der Waals surface area contributed by atoms with E-state index in [2.05, 4.69) is 60.7 Å². The quantitative estimate of drug-likeness (QED) is 0.121. The Hall–Kier alpha value is -6.92. The second-order valence-corrected chi connectivity index (χ2v) is 16.4. The van der Waals surface area contributed by atoms with E-state index in [9.17, 15) is 26.3 Å². The van der Waals surface area contributed by atoms with Crippen molar-refractivity contribution in [3.8, 4) is 22.3 Å². The Morgan fingerprint density at radius 2 is 0.700 bits per heavy atom. The number of benzene rings is 10. The van der Waals surface area contributed by atoms with Crippen molar-refractivity contribution in [1.29, 1.82) is 0 Å². The van der Waals surface area contributed by atoms with Crippen LogP contribution in [0.1, 0.15) is 22.3 Å². The summed E-state index contributed by atoms with van der Waals surface area (Å²) >= 11 is 0. The Labute approximate surface area is 338 Å². The minimum absolute atomic E-state index is 0.392. The molecule has 0 aromatic heterocycles. The van der Waals surface area contributed by atoms with Crippen molar-refractivity contribution in [1.82, 2.24) is 0 Å². The van der Waals surface area contributed by atoms with Gasteiger partial charge in [-0.05, 0) is 193 Å². The Bertz CT molecular complexity index is 3810. The van der Waals surface area contributed by atoms with E-state index in [1.807, 2.05) is 48.5 Å². The van der Waals surface area contributed by atoms with Crippen molar-refractivity contribution in [3.05, 3.63) is 168 Å². The van der Waals surface area contributed by atoms with E-state index in [1.54, 1.807) is 26.0 Å². The summed E-state index contributed by atoms with van der Waals surface area (Å²) in [4.78, 5) is 0. The molecule has 0 nitrogen and oxygen atoms in total. The highest BCUT2D eigenvalue weighted by atomic mass is 19.4. The first-order valence-electron chi connectivity index (χ1n) is 19.8. The zero-order chi connectivity index (χ0) is 41.0. The number of fused-ring (bicyclic) bond motifs is 11. The summed E-state index contributed by atoms with van der Waals surface area (Å²) in [6, 6.07) is 45.3. The maximum atomic E-state index is 14.8. The Balaban J connectivity index is 1.40. The molecule has 0 spiro atoms. The minimum atomic E-state index is -4.62. The van der Waals surface area contributed by atoms with E-state index in [0.717, 1.165) is 87.5 Å². The van der Waals surface area contributed by atoms with E-state index in [0.29, 0.717) is 54.9 Å². The SMILES string of the molecule is Cc1cc(-c2c3cc4c(cc3c(-c3cc(C)cc(C(F)(F)F)c3)c3c5cc6ccccc6c6cccc(c23)c65)c2cccc3c5ccccc5cc4c32)cc(C(F)(F)F)c1. The van der Waals surface area contributed by atoms with Crippen molar-refractivity contribution in [2.45, 2.75) is 26.2 Å². The standard InChI is InChI=1S/C54H30F6/c1-27-17-31(21-33(19-27)53(55,56)57)47-45-26-42-41(39-15-7-13-37-35-11-5-3-9-29(35)23-43(42)49(37)39)25-44(45)48(32-18-28(2)20-34(22-32)54(58,59)60)52-46-24-30-10-4-6-12-36(30)38-14-8-16-40(50(38)46)51(47)52/h3-26H,1-2H3. The van der Waals surface area contributed by atoms with Gasteiger partial charge >= 0.3 is 12.4 Å². The number of halogens is 6. The lowest BCUT2D eigenvalue weighted by atomic mass is 9.84. The highest BCUT2D eigenvalue weighted by molar-refractivity contribution is 6.44. The summed E-state index contributed by atoms with van der Waals surface area (Å²) in [6.45, 7) is 3.34. The lowest BCUT2D eigenvalue weighted by Gasteiger charge is -2.20. The number of aryl methyl sites for hydroxylation is 2. The van der Waals surface area contributed by atoms with E-state index in [-0.39, 0.29) is 0 Å². The molecule has 6 heteroatoms. The van der Waals surface area contributed by atoms with Gasteiger partial charge in [0.05, 0.1) is 11.1 Å². The molecular formula is C54H30F6. The lowest BCUT2D eigenvalue weighted by Crippen LogP contribution is -2.06. The Kier molecular flexibility index (Phi) is 6.93. The molecule has 0 amide bonds. The predicted octanol–water partition coefficient (Wildman–Crippen LogP) is 16.9. The largest absolute Gasteiger partial charge is 0.416 e. The van der Waals surface area contributed by atoms with Crippen LogP contribution in [0, 0.1) is 13.8 Å². The van der Waals surface area contributed by atoms with Gasteiger partial charge in [0, 0.05) is 0 Å². The molecule has 0 saturated carbocycles. The normalized spacial score (nSPS) is 13.0. The van der Waals surface area contributed by atoms with Crippen molar-refractivity contribution in [3.63, 3.8) is 0 Å². The lowest BCUT2D eigenvalue weighted by molar-refractivity contribution is -0.138. The third kappa shape index (κ3) is 4.82. The summed E-state index contributed by atoms with van der Waals surface area (Å²) in [5, 5.41) is 16.5. The fourth-order valence-electron chi connectivity index (χ4n) is 10.5. The van der Waals surface area contributed by atoms with Gasteiger partial charge in [0.1, 0.15) is 0 Å². The molecule has 0 bridgehead atoms. The van der Waals surface area contributed by atoms with Crippen LogP contribution in [-0.2, 0) is 12.4 Å². The number of hydrogen-bond acceptors (Lipinski definition) is 0. The van der Waals surface area contributed by atoms with Gasteiger partial charge in [0.25, 0.3) is 0 Å². The van der Waals surface area contributed by atoms with E-state index < -0.39 is 23.5 Å². The first-order valence-corrected chi connectivity index (χ1v) is 19.8. The first kappa shape index (κ1) is 35.1. The molecule has 12 rings (SSSR count). The van der Waals surface area contributed by atoms with Crippen molar-refractivity contribution < 1.29 is 26.3 Å². The summed E-state index contributed by atoms with van der Waals surface area (Å²) in [6.07, 6.45) is -9.23. The molecule has 0 unspecified atom stereocenters. The zero-order valence-corrected chi connectivity index (χ0v) is 32.1. The summed E-state index contributed by atoms with van der Waals surface area (Å²) in [7, 11) is 0. The molecular weight excluding hydrogens is 763 g/mol. The molecule has 60 heavy (non-hydrogen) atoms. The van der Waals surface area contributed by atoms with Crippen molar-refractivity contribution in [2.24, 2.45) is 0 Å². The topological polar surface area (TPSA) is 0 Å². The predicted molar refractivity (Wildman–Crippen MR) is 237 cm³/mol. The maximum Gasteiger partial charge on any atom is 0.416 e. The highest BCUT2D eigenvalue weighted by Crippen LogP contribution is 2.55. The number of hydrogen-bond donors (Lipinski definition) is 0. The Morgan fingerprint density at radius 1 is 0.300 bits per heavy atom. The van der Waals surface area contributed by atoms with E-state index in [4.69, 9.17) is 0 Å². The number of rotatable bonds is 2. The zero-order valence-electron chi connectivity index (χ0n) is 32.1. The average molecular weight is 793 g/mol. The van der Waals surface area contributed by atoms with Gasteiger partial charge < -0.3 is 0 Å². The van der Waals surface area contributed by atoms with E-state index >= 15 is 0 Å². The molecule has 0 heterocycles. The van der Waals surface area contributed by atoms with Crippen LogP contribution in [0.5, 0.6) is 0 Å². The number of alkyl halides is 6. The van der Waals surface area contributed by atoms with Gasteiger partial charge in [0.15, 0.2) is 0 Å². The summed E-state index contributed by atoms with van der Waals surface area (Å²) < 4.78 is 88.6. The first-order chi connectivity index (χ1) is 28.8. The fourth-order valence-corrected chi connectivity index (χ4v) is 10.5. The van der Waals surface area contributed by atoms with Crippen LogP contribution in [0.2, 0.25) is 0 Å². The van der Waals surface area contributed by atoms with Crippen LogP contribution in [-0.4, -0.2) is 0 Å². The van der Waals surface area contributed by atoms with E-state index in [1.165, 1.54) is 12.1 Å². The molecule has 0 radical (unpaired) electrons. The van der Waals surface area contributed by atoms with Crippen molar-refractivity contribution in [2.75, 3.05) is 0 Å². The molecule has 0 aliphatic heterocycles. The van der Waals surface area contributed by atoms with Crippen LogP contribution < -0.4 is 0 Å². The molecule has 0 aliphatic carbocycles. The molecule has 0 fully saturated rings. The van der Waals surface area contributed by atoms with Gasteiger partial charge in [-0.15, -0.1) is 0 Å². The van der Waals surface area contributed by atoms with Crippen LogP contribution >= 0.6 is 0 Å². The molecule has 12 aromatic carbocycles. The Morgan fingerprint density at radius 3 is 1.22 bits per heavy atom. The van der Waals surface area contributed by atoms with Crippen LogP contribution in [0.3, 0.4) is 0 Å². The van der Waals surface area contributed by atoms with Crippen molar-refractivity contribution >= 4 is 97.0 Å². The molecule has 0 saturated heterocycles. The second-order valence-electron chi connectivity index (χ2n) is 16.4. The minimum Gasteiger partial charge on any atom is -0.166 e. The van der Waals surface area contributed by atoms with Gasteiger partial charge in [-0.2, -0.15) is 26.3 Å². The molecule has 12 aromatic rings. The van der Waals surface area contributed by atoms with Crippen LogP contribution in [0.4, 0.5) is 26.3 Å². The van der Waals surface area contributed by atoms with Gasteiger partial charge in [0.2, 0.25) is 0 Å².